The summed E-state index contributed by atoms with van der Waals surface area (Å²) in [4.78, 5) is 4.54. The van der Waals surface area contributed by atoms with Crippen molar-refractivity contribution >= 4 is 28.2 Å². The van der Waals surface area contributed by atoms with Crippen LogP contribution >= 0.6 is 23.1 Å². The summed E-state index contributed by atoms with van der Waals surface area (Å²) in [5, 5.41) is 12.5. The molecule has 0 saturated carbocycles. The van der Waals surface area contributed by atoms with Gasteiger partial charge in [0.1, 0.15) is 6.26 Å². The lowest BCUT2D eigenvalue weighted by Gasteiger charge is -2.18. The van der Waals surface area contributed by atoms with Crippen LogP contribution in [0.5, 0.6) is 0 Å². The van der Waals surface area contributed by atoms with Gasteiger partial charge in [-0.2, -0.15) is 0 Å². The maximum Gasteiger partial charge on any atom is 0.226 e. The van der Waals surface area contributed by atoms with Crippen LogP contribution in [0.1, 0.15) is 32.0 Å². The van der Waals surface area contributed by atoms with E-state index in [0.29, 0.717) is 11.6 Å². The summed E-state index contributed by atoms with van der Waals surface area (Å²) >= 11 is 3.17. The lowest BCUT2D eigenvalue weighted by Crippen LogP contribution is -2.25. The zero-order valence-corrected chi connectivity index (χ0v) is 15.8. The minimum atomic E-state index is -0.0173. The van der Waals surface area contributed by atoms with E-state index in [9.17, 15) is 0 Å². The SMILES string of the molecule is Cc1ccc(-c2nc(CSc3nnc(NC(C)(C)C)s3)co2)cc1. The first-order valence-electron chi connectivity index (χ1n) is 7.65. The molecule has 0 bridgehead atoms. The van der Waals surface area contributed by atoms with E-state index < -0.39 is 0 Å². The van der Waals surface area contributed by atoms with Crippen molar-refractivity contribution in [2.45, 2.75) is 43.3 Å². The van der Waals surface area contributed by atoms with Crippen molar-refractivity contribution in [1.82, 2.24) is 15.2 Å². The molecule has 3 rings (SSSR count). The number of hydrogen-bond donors (Lipinski definition) is 1. The van der Waals surface area contributed by atoms with E-state index in [0.717, 1.165) is 20.7 Å². The number of aryl methyl sites for hydroxylation is 1. The van der Waals surface area contributed by atoms with Crippen molar-refractivity contribution < 1.29 is 4.42 Å². The van der Waals surface area contributed by atoms with Crippen LogP contribution in [0, 0.1) is 6.92 Å². The highest BCUT2D eigenvalue weighted by Crippen LogP contribution is 2.30. The summed E-state index contributed by atoms with van der Waals surface area (Å²) in [7, 11) is 0. The van der Waals surface area contributed by atoms with Crippen LogP contribution in [0.25, 0.3) is 11.5 Å². The molecule has 0 aliphatic carbocycles. The van der Waals surface area contributed by atoms with Crippen LogP contribution in [0.4, 0.5) is 5.13 Å². The van der Waals surface area contributed by atoms with Gasteiger partial charge in [-0.3, -0.25) is 0 Å². The Hall–Kier alpha value is -1.86. The first-order chi connectivity index (χ1) is 11.4. The molecular formula is C17H20N4OS2. The minimum absolute atomic E-state index is 0.0173. The topological polar surface area (TPSA) is 63.8 Å². The van der Waals surface area contributed by atoms with Crippen molar-refractivity contribution in [2.75, 3.05) is 5.32 Å². The van der Waals surface area contributed by atoms with Crippen LogP contribution in [-0.4, -0.2) is 20.7 Å². The third kappa shape index (κ3) is 4.58. The lowest BCUT2D eigenvalue weighted by atomic mass is 10.1. The smallest absolute Gasteiger partial charge is 0.226 e. The largest absolute Gasteiger partial charge is 0.444 e. The molecule has 0 spiro atoms. The summed E-state index contributed by atoms with van der Waals surface area (Å²) < 4.78 is 6.50. The number of anilines is 1. The Morgan fingerprint density at radius 3 is 2.62 bits per heavy atom. The molecule has 2 heterocycles. The summed E-state index contributed by atoms with van der Waals surface area (Å²) in [6.45, 7) is 8.36. The standard InChI is InChI=1S/C17H20N4OS2/c1-11-5-7-12(8-6-11)14-18-13(9-22-14)10-23-16-21-20-15(24-16)19-17(2,3)4/h5-9H,10H2,1-4H3,(H,19,20). The van der Waals surface area contributed by atoms with Gasteiger partial charge < -0.3 is 9.73 Å². The van der Waals surface area contributed by atoms with Gasteiger partial charge in [0.05, 0.1) is 5.69 Å². The molecule has 7 heteroatoms. The Bertz CT molecular complexity index is 803. The normalized spacial score (nSPS) is 11.7. The molecule has 0 radical (unpaired) electrons. The average Bonchev–Trinajstić information content (AvgIpc) is 3.13. The third-order valence-electron chi connectivity index (χ3n) is 3.08. The zero-order valence-electron chi connectivity index (χ0n) is 14.2. The van der Waals surface area contributed by atoms with Crippen molar-refractivity contribution in [3.63, 3.8) is 0 Å². The van der Waals surface area contributed by atoms with E-state index in [-0.39, 0.29) is 5.54 Å². The highest BCUT2D eigenvalue weighted by atomic mass is 32.2. The second-order valence-electron chi connectivity index (χ2n) is 6.55. The summed E-state index contributed by atoms with van der Waals surface area (Å²) in [6, 6.07) is 8.15. The monoisotopic (exact) mass is 360 g/mol. The number of oxazole rings is 1. The van der Waals surface area contributed by atoms with Crippen LogP contribution in [-0.2, 0) is 5.75 Å². The Morgan fingerprint density at radius 1 is 1.17 bits per heavy atom. The van der Waals surface area contributed by atoms with Gasteiger partial charge >= 0.3 is 0 Å². The maximum atomic E-state index is 5.58. The first kappa shape index (κ1) is 17.0. The number of thioether (sulfide) groups is 1. The summed E-state index contributed by atoms with van der Waals surface area (Å²) in [5.41, 5.74) is 3.09. The lowest BCUT2D eigenvalue weighted by molar-refractivity contribution is 0.573. The number of nitrogens with zero attached hydrogens (tertiary/aromatic N) is 3. The van der Waals surface area contributed by atoms with Crippen molar-refractivity contribution in [1.29, 1.82) is 0 Å². The number of aromatic nitrogens is 3. The van der Waals surface area contributed by atoms with E-state index in [1.807, 2.05) is 12.1 Å². The molecule has 24 heavy (non-hydrogen) atoms. The van der Waals surface area contributed by atoms with Gasteiger partial charge in [0, 0.05) is 16.9 Å². The average molecular weight is 361 g/mol. The molecule has 0 aliphatic rings. The third-order valence-corrected chi connectivity index (χ3v) is 5.09. The molecule has 0 amide bonds. The molecule has 1 aromatic carbocycles. The molecule has 0 atom stereocenters. The molecule has 1 N–H and O–H groups in total. The van der Waals surface area contributed by atoms with Crippen molar-refractivity contribution in [3.8, 4) is 11.5 Å². The maximum absolute atomic E-state index is 5.58. The molecular weight excluding hydrogens is 340 g/mol. The summed E-state index contributed by atoms with van der Waals surface area (Å²) in [5.74, 6) is 1.36. The van der Waals surface area contributed by atoms with Crippen LogP contribution in [0.2, 0.25) is 0 Å². The van der Waals surface area contributed by atoms with E-state index in [1.54, 1.807) is 29.4 Å². The second kappa shape index (κ2) is 6.94. The molecule has 5 nitrogen and oxygen atoms in total. The highest BCUT2D eigenvalue weighted by Gasteiger charge is 2.14. The van der Waals surface area contributed by atoms with Gasteiger partial charge in [-0.1, -0.05) is 40.8 Å². The fourth-order valence-corrected chi connectivity index (χ4v) is 3.81. The van der Waals surface area contributed by atoms with Crippen LogP contribution in [0.3, 0.4) is 0 Å². The van der Waals surface area contributed by atoms with Crippen molar-refractivity contribution in [3.05, 3.63) is 41.8 Å². The fourth-order valence-electron chi connectivity index (χ4n) is 1.98. The number of hydrogen-bond acceptors (Lipinski definition) is 7. The van der Waals surface area contributed by atoms with Gasteiger partial charge in [0.2, 0.25) is 11.0 Å². The Kier molecular flexibility index (Phi) is 4.91. The van der Waals surface area contributed by atoms with Crippen LogP contribution < -0.4 is 5.32 Å². The minimum Gasteiger partial charge on any atom is -0.444 e. The Morgan fingerprint density at radius 2 is 1.92 bits per heavy atom. The van der Waals surface area contributed by atoms with E-state index in [4.69, 9.17) is 4.42 Å². The zero-order chi connectivity index (χ0) is 17.2. The summed E-state index contributed by atoms with van der Waals surface area (Å²) in [6.07, 6.45) is 1.71. The van der Waals surface area contributed by atoms with E-state index in [1.165, 1.54) is 5.56 Å². The van der Waals surface area contributed by atoms with E-state index in [2.05, 4.69) is 60.3 Å². The predicted molar refractivity (Wildman–Crippen MR) is 99.5 cm³/mol. The molecule has 0 fully saturated rings. The molecule has 3 aromatic rings. The molecule has 126 valence electrons. The van der Waals surface area contributed by atoms with E-state index >= 15 is 0 Å². The van der Waals surface area contributed by atoms with Gasteiger partial charge in [-0.05, 0) is 39.8 Å². The van der Waals surface area contributed by atoms with Gasteiger partial charge in [0.25, 0.3) is 0 Å². The first-order valence-corrected chi connectivity index (χ1v) is 9.45. The van der Waals surface area contributed by atoms with Gasteiger partial charge in [0.15, 0.2) is 4.34 Å². The highest BCUT2D eigenvalue weighted by molar-refractivity contribution is 8.00. The number of benzene rings is 1. The van der Waals surface area contributed by atoms with Crippen LogP contribution in [0.15, 0.2) is 39.3 Å². The molecule has 2 aromatic heterocycles. The molecule has 0 saturated heterocycles. The molecule has 0 unspecified atom stereocenters. The fraction of sp³-hybridized carbons (Fsp3) is 0.353. The van der Waals surface area contributed by atoms with Gasteiger partial charge in [-0.25, -0.2) is 4.98 Å². The molecule has 0 aliphatic heterocycles. The van der Waals surface area contributed by atoms with Gasteiger partial charge in [-0.15, -0.1) is 10.2 Å². The van der Waals surface area contributed by atoms with Crippen molar-refractivity contribution in [2.24, 2.45) is 0 Å². The second-order valence-corrected chi connectivity index (χ2v) is 8.75. The Balaban J connectivity index is 1.60. The predicted octanol–water partition coefficient (Wildman–Crippen LogP) is 5.00. The number of rotatable bonds is 5. The Labute approximate surface area is 149 Å². The number of nitrogens with one attached hydrogen (secondary N) is 1. The quantitative estimate of drug-likeness (QED) is 0.646.